The van der Waals surface area contributed by atoms with Crippen LogP contribution in [0, 0.1) is 0 Å². The van der Waals surface area contributed by atoms with Crippen molar-refractivity contribution in [2.75, 3.05) is 13.2 Å². The quantitative estimate of drug-likeness (QED) is 0.0284. The van der Waals surface area contributed by atoms with Gasteiger partial charge in [-0.1, -0.05) is 168 Å². The van der Waals surface area contributed by atoms with Crippen LogP contribution in [-0.2, 0) is 19.1 Å². The molecule has 0 aliphatic heterocycles. The molecule has 0 radical (unpaired) electrons. The molecule has 0 fully saturated rings. The van der Waals surface area contributed by atoms with Crippen LogP contribution in [0.4, 0.5) is 0 Å². The SMILES string of the molecule is CCCCCCCC/C=C\CCCCCCCCOC(=O)C(C)[O-].CCCCCCCC/C=C\CCCCCCCCOC(=O)C(C)[O-].[Ca+2]. The van der Waals surface area contributed by atoms with Crippen molar-refractivity contribution < 1.29 is 29.3 Å². The van der Waals surface area contributed by atoms with Gasteiger partial charge in [-0.3, -0.25) is 9.59 Å². The third-order valence-electron chi connectivity index (χ3n) is 8.46. The number of carbonyl (C=O) groups is 2. The molecule has 2 unspecified atom stereocenters. The fourth-order valence-electron chi connectivity index (χ4n) is 5.28. The molecule has 284 valence electrons. The Hall–Kier alpha value is -0.400. The minimum atomic E-state index is -1.25. The first-order chi connectivity index (χ1) is 23.4. The first kappa shape index (κ1) is 53.0. The van der Waals surface area contributed by atoms with Gasteiger partial charge in [0.2, 0.25) is 0 Å². The van der Waals surface area contributed by atoms with Crippen molar-refractivity contribution in [1.82, 2.24) is 0 Å². The van der Waals surface area contributed by atoms with Crippen LogP contribution in [0.3, 0.4) is 0 Å². The molecule has 0 saturated heterocycles. The molecule has 0 aromatic rings. The second-order valence-electron chi connectivity index (χ2n) is 13.5. The monoisotopic (exact) mass is 719 g/mol. The van der Waals surface area contributed by atoms with Crippen molar-refractivity contribution in [3.05, 3.63) is 24.3 Å². The Kier molecular flexibility index (Phi) is 49.3. The smallest absolute Gasteiger partial charge is 0.844 e. The van der Waals surface area contributed by atoms with Gasteiger partial charge >= 0.3 is 37.7 Å². The third-order valence-corrected chi connectivity index (χ3v) is 8.46. The maximum absolute atomic E-state index is 11.0. The largest absolute Gasteiger partial charge is 2.00 e. The molecule has 0 bridgehead atoms. The Labute approximate surface area is 334 Å². The normalized spacial score (nSPS) is 12.4. The number of hydrogen-bond donors (Lipinski definition) is 0. The zero-order valence-corrected chi connectivity index (χ0v) is 35.0. The fourth-order valence-corrected chi connectivity index (χ4v) is 5.28. The summed E-state index contributed by atoms with van der Waals surface area (Å²) < 4.78 is 9.72. The topological polar surface area (TPSA) is 98.7 Å². The van der Waals surface area contributed by atoms with Gasteiger partial charge in [-0.15, -0.1) is 0 Å². The van der Waals surface area contributed by atoms with E-state index in [2.05, 4.69) is 38.2 Å². The van der Waals surface area contributed by atoms with Crippen molar-refractivity contribution in [2.45, 2.75) is 220 Å². The van der Waals surface area contributed by atoms with Crippen molar-refractivity contribution in [2.24, 2.45) is 0 Å². The summed E-state index contributed by atoms with van der Waals surface area (Å²) in [5.74, 6) is -1.24. The first-order valence-corrected chi connectivity index (χ1v) is 20.3. The van der Waals surface area contributed by atoms with E-state index < -0.39 is 24.1 Å². The molecule has 0 aromatic carbocycles. The van der Waals surface area contributed by atoms with Crippen LogP contribution in [0.1, 0.15) is 207 Å². The van der Waals surface area contributed by atoms with Gasteiger partial charge in [0.15, 0.2) is 0 Å². The summed E-state index contributed by atoms with van der Waals surface area (Å²) in [6.45, 7) is 7.96. The van der Waals surface area contributed by atoms with Crippen molar-refractivity contribution in [3.8, 4) is 0 Å². The van der Waals surface area contributed by atoms with E-state index in [-0.39, 0.29) is 37.7 Å². The fraction of sp³-hybridized carbons (Fsp3) is 0.857. The summed E-state index contributed by atoms with van der Waals surface area (Å²) in [4.78, 5) is 21.9. The van der Waals surface area contributed by atoms with E-state index in [4.69, 9.17) is 9.47 Å². The Morgan fingerprint density at radius 3 is 0.898 bits per heavy atom. The molecule has 0 N–H and O–H groups in total. The molecular formula is C42H78CaO6. The zero-order valence-electron chi connectivity index (χ0n) is 32.8. The Balaban J connectivity index is -0.000000846. The molecular weight excluding hydrogens is 641 g/mol. The maximum atomic E-state index is 11.0. The molecule has 0 heterocycles. The third kappa shape index (κ3) is 47.6. The molecule has 7 heteroatoms. The van der Waals surface area contributed by atoms with E-state index in [9.17, 15) is 19.8 Å². The van der Waals surface area contributed by atoms with Crippen LogP contribution >= 0.6 is 0 Å². The molecule has 0 aromatic heterocycles. The molecule has 0 spiro atoms. The van der Waals surface area contributed by atoms with Gasteiger partial charge in [0.1, 0.15) is 0 Å². The number of unbranched alkanes of at least 4 members (excludes halogenated alkanes) is 24. The van der Waals surface area contributed by atoms with Gasteiger partial charge in [0, 0.05) is 0 Å². The minimum absolute atomic E-state index is 0. The van der Waals surface area contributed by atoms with Gasteiger partial charge in [-0.05, 0) is 76.4 Å². The van der Waals surface area contributed by atoms with Gasteiger partial charge in [0.25, 0.3) is 11.9 Å². The molecule has 2 atom stereocenters. The van der Waals surface area contributed by atoms with Crippen LogP contribution in [0.15, 0.2) is 24.3 Å². The van der Waals surface area contributed by atoms with E-state index in [1.54, 1.807) is 0 Å². The molecule has 0 rings (SSSR count). The van der Waals surface area contributed by atoms with Crippen LogP contribution < -0.4 is 10.2 Å². The van der Waals surface area contributed by atoms with E-state index in [1.165, 1.54) is 168 Å². The summed E-state index contributed by atoms with van der Waals surface area (Å²) in [5, 5.41) is 21.5. The van der Waals surface area contributed by atoms with Gasteiger partial charge in [-0.25, -0.2) is 0 Å². The molecule has 49 heavy (non-hydrogen) atoms. The van der Waals surface area contributed by atoms with Gasteiger partial charge in [0.05, 0.1) is 13.2 Å². The van der Waals surface area contributed by atoms with Gasteiger partial charge in [-0.2, -0.15) is 0 Å². The summed E-state index contributed by atoms with van der Waals surface area (Å²) in [5.41, 5.74) is 0. The number of rotatable bonds is 34. The number of hydrogen-bond acceptors (Lipinski definition) is 6. The van der Waals surface area contributed by atoms with Crippen molar-refractivity contribution >= 4 is 49.7 Å². The van der Waals surface area contributed by atoms with Crippen molar-refractivity contribution in [1.29, 1.82) is 0 Å². The maximum Gasteiger partial charge on any atom is 2.00 e. The Bertz CT molecular complexity index is 662. The van der Waals surface area contributed by atoms with E-state index in [1.807, 2.05) is 0 Å². The molecule has 0 amide bonds. The predicted octanol–water partition coefficient (Wildman–Crippen LogP) is 10.3. The van der Waals surface area contributed by atoms with Gasteiger partial charge < -0.3 is 19.7 Å². The van der Waals surface area contributed by atoms with E-state index in [0.717, 1.165) is 25.7 Å². The van der Waals surface area contributed by atoms with E-state index in [0.29, 0.717) is 13.2 Å². The van der Waals surface area contributed by atoms with Crippen LogP contribution in [0.25, 0.3) is 0 Å². The second kappa shape index (κ2) is 45.6. The number of ether oxygens (including phenoxy) is 2. The van der Waals surface area contributed by atoms with Crippen LogP contribution in [-0.4, -0.2) is 75.1 Å². The van der Waals surface area contributed by atoms with Crippen molar-refractivity contribution in [3.63, 3.8) is 0 Å². The Morgan fingerprint density at radius 2 is 0.653 bits per heavy atom. The summed E-state index contributed by atoms with van der Waals surface area (Å²) in [6.07, 6.45) is 42.1. The number of allylic oxidation sites excluding steroid dienone is 4. The van der Waals surface area contributed by atoms with Crippen LogP contribution in [0.2, 0.25) is 0 Å². The standard InChI is InChI=1S/2C21H39O3.Ca/c2*1-3-4-5-6-7-8-9-10-11-12-13-14-15-16-17-18-19-24-21(23)20(2)22;/h2*10-11,20H,3-9,12-19H2,1-2H3;/q2*-1;+2/b2*11-10-;. The van der Waals surface area contributed by atoms with E-state index >= 15 is 0 Å². The second-order valence-corrected chi connectivity index (χ2v) is 13.5. The minimum Gasteiger partial charge on any atom is -0.844 e. The summed E-state index contributed by atoms with van der Waals surface area (Å²) in [6, 6.07) is 0. The number of carbonyl (C=O) groups excluding carboxylic acids is 2. The average molecular weight is 719 g/mol. The Morgan fingerprint density at radius 1 is 0.429 bits per heavy atom. The first-order valence-electron chi connectivity index (χ1n) is 20.3. The zero-order chi connectivity index (χ0) is 35.8. The summed E-state index contributed by atoms with van der Waals surface area (Å²) >= 11 is 0. The average Bonchev–Trinajstić information content (AvgIpc) is 3.07. The number of esters is 2. The molecule has 0 aliphatic rings. The van der Waals surface area contributed by atoms with Crippen LogP contribution in [0.5, 0.6) is 0 Å². The molecule has 6 nitrogen and oxygen atoms in total. The summed E-state index contributed by atoms with van der Waals surface area (Å²) in [7, 11) is 0. The molecule has 0 aliphatic carbocycles. The predicted molar refractivity (Wildman–Crippen MR) is 205 cm³/mol. The molecule has 0 saturated carbocycles.